The van der Waals surface area contributed by atoms with Gasteiger partial charge in [0.1, 0.15) is 5.54 Å². The number of halogens is 1. The highest BCUT2D eigenvalue weighted by molar-refractivity contribution is 5.83. The fourth-order valence-electron chi connectivity index (χ4n) is 4.48. The Morgan fingerprint density at radius 2 is 1.94 bits per heavy atom. The fraction of sp³-hybridized carbons (Fsp3) is 0.500. The first-order valence-corrected chi connectivity index (χ1v) is 11.5. The standard InChI is InChI=1S/C26H32FNO5/c1-16-13-22(23(27)24(31-3)17(16)2)21-8-7-19(14-18(21)15-33-20-5-4-6-20)28-26(25(29)30)9-11-32-12-10-26/h7-8,13-14,20,28H,4-6,9-12,15H2,1-3H3,(H,29,30). The molecule has 2 aromatic rings. The third-order valence-corrected chi connectivity index (χ3v) is 6.99. The smallest absolute Gasteiger partial charge is 0.329 e. The molecule has 33 heavy (non-hydrogen) atoms. The molecule has 7 heteroatoms. The maximum Gasteiger partial charge on any atom is 0.329 e. The zero-order chi connectivity index (χ0) is 23.6. The van der Waals surface area contributed by atoms with Crippen molar-refractivity contribution in [2.75, 3.05) is 25.6 Å². The van der Waals surface area contributed by atoms with E-state index in [0.717, 1.165) is 41.5 Å². The predicted octanol–water partition coefficient (Wildman–Crippen LogP) is 5.23. The highest BCUT2D eigenvalue weighted by Gasteiger charge is 2.40. The second-order valence-electron chi connectivity index (χ2n) is 9.07. The monoisotopic (exact) mass is 457 g/mol. The van der Waals surface area contributed by atoms with E-state index in [4.69, 9.17) is 14.2 Å². The molecule has 2 N–H and O–H groups in total. The first kappa shape index (κ1) is 23.5. The molecule has 0 spiro atoms. The van der Waals surface area contributed by atoms with E-state index in [0.29, 0.717) is 43.9 Å². The van der Waals surface area contributed by atoms with Gasteiger partial charge in [0.05, 0.1) is 19.8 Å². The first-order chi connectivity index (χ1) is 15.8. The Kier molecular flexibility index (Phi) is 6.91. The van der Waals surface area contributed by atoms with Crippen LogP contribution in [0, 0.1) is 19.7 Å². The molecule has 2 aromatic carbocycles. The number of aryl methyl sites for hydroxylation is 1. The summed E-state index contributed by atoms with van der Waals surface area (Å²) in [6.45, 7) is 4.88. The van der Waals surface area contributed by atoms with Crippen molar-refractivity contribution in [3.8, 4) is 16.9 Å². The van der Waals surface area contributed by atoms with Crippen LogP contribution in [0.2, 0.25) is 0 Å². The molecule has 178 valence electrons. The van der Waals surface area contributed by atoms with Crippen LogP contribution in [-0.4, -0.2) is 43.0 Å². The molecule has 0 bridgehead atoms. The van der Waals surface area contributed by atoms with E-state index in [1.807, 2.05) is 38.1 Å². The van der Waals surface area contributed by atoms with Gasteiger partial charge in [-0.3, -0.25) is 0 Å². The lowest BCUT2D eigenvalue weighted by molar-refractivity contribution is -0.145. The van der Waals surface area contributed by atoms with Crippen LogP contribution in [0.15, 0.2) is 24.3 Å². The second kappa shape index (κ2) is 9.69. The van der Waals surface area contributed by atoms with E-state index < -0.39 is 17.3 Å². The van der Waals surface area contributed by atoms with Gasteiger partial charge in [0.15, 0.2) is 11.6 Å². The van der Waals surface area contributed by atoms with Gasteiger partial charge in [-0.1, -0.05) is 6.07 Å². The number of nitrogens with one attached hydrogen (secondary N) is 1. The summed E-state index contributed by atoms with van der Waals surface area (Å²) in [5, 5.41) is 13.1. The van der Waals surface area contributed by atoms with E-state index in [-0.39, 0.29) is 11.9 Å². The van der Waals surface area contributed by atoms with Gasteiger partial charge in [-0.15, -0.1) is 0 Å². The van der Waals surface area contributed by atoms with Crippen molar-refractivity contribution in [1.29, 1.82) is 0 Å². The van der Waals surface area contributed by atoms with Gasteiger partial charge in [0.2, 0.25) is 0 Å². The molecule has 1 aliphatic carbocycles. The lowest BCUT2D eigenvalue weighted by atomic mass is 9.89. The number of anilines is 1. The predicted molar refractivity (Wildman–Crippen MR) is 124 cm³/mol. The molecule has 4 rings (SSSR count). The van der Waals surface area contributed by atoms with E-state index in [9.17, 15) is 9.90 Å². The van der Waals surface area contributed by atoms with Crippen LogP contribution < -0.4 is 10.1 Å². The second-order valence-corrected chi connectivity index (χ2v) is 9.07. The summed E-state index contributed by atoms with van der Waals surface area (Å²) in [6.07, 6.45) is 4.19. The number of rotatable bonds is 8. The van der Waals surface area contributed by atoms with Gasteiger partial charge >= 0.3 is 5.97 Å². The molecule has 0 amide bonds. The maximum absolute atomic E-state index is 15.4. The first-order valence-electron chi connectivity index (χ1n) is 11.5. The third kappa shape index (κ3) is 4.70. The summed E-state index contributed by atoms with van der Waals surface area (Å²) in [5.41, 5.74) is 3.27. The van der Waals surface area contributed by atoms with Crippen molar-refractivity contribution in [3.05, 3.63) is 46.8 Å². The van der Waals surface area contributed by atoms with Crippen molar-refractivity contribution >= 4 is 11.7 Å². The Morgan fingerprint density at radius 1 is 1.21 bits per heavy atom. The third-order valence-electron chi connectivity index (χ3n) is 6.99. The molecule has 0 radical (unpaired) electrons. The molecule has 1 aliphatic heterocycles. The molecule has 1 saturated carbocycles. The zero-order valence-corrected chi connectivity index (χ0v) is 19.5. The molecule has 1 saturated heterocycles. The summed E-state index contributed by atoms with van der Waals surface area (Å²) in [7, 11) is 1.47. The summed E-state index contributed by atoms with van der Waals surface area (Å²) >= 11 is 0. The zero-order valence-electron chi connectivity index (χ0n) is 19.5. The van der Waals surface area contributed by atoms with E-state index in [1.54, 1.807) is 0 Å². The van der Waals surface area contributed by atoms with Gasteiger partial charge < -0.3 is 24.6 Å². The van der Waals surface area contributed by atoms with E-state index in [2.05, 4.69) is 5.32 Å². The fourth-order valence-corrected chi connectivity index (χ4v) is 4.48. The van der Waals surface area contributed by atoms with Crippen LogP contribution in [0.5, 0.6) is 5.75 Å². The molecule has 0 aromatic heterocycles. The number of hydrogen-bond donors (Lipinski definition) is 2. The Hall–Kier alpha value is -2.64. The number of carboxylic acid groups (broad SMARTS) is 1. The van der Waals surface area contributed by atoms with Crippen LogP contribution >= 0.6 is 0 Å². The summed E-state index contributed by atoms with van der Waals surface area (Å²) in [6, 6.07) is 7.36. The maximum atomic E-state index is 15.4. The normalized spacial score (nSPS) is 17.9. The number of benzene rings is 2. The Balaban J connectivity index is 1.73. The van der Waals surface area contributed by atoms with Crippen LogP contribution in [0.25, 0.3) is 11.1 Å². The largest absolute Gasteiger partial charge is 0.493 e. The quantitative estimate of drug-likeness (QED) is 0.565. The lowest BCUT2D eigenvalue weighted by Gasteiger charge is -2.35. The Labute approximate surface area is 194 Å². The van der Waals surface area contributed by atoms with Gasteiger partial charge in [0.25, 0.3) is 0 Å². The summed E-state index contributed by atoms with van der Waals surface area (Å²) < 4.78 is 32.2. The SMILES string of the molecule is COc1c(C)c(C)cc(-c2ccc(NC3(C(=O)O)CCOCC3)cc2COC2CCC2)c1F. The number of carbonyl (C=O) groups is 1. The molecule has 1 heterocycles. The van der Waals surface area contributed by atoms with Gasteiger partial charge in [-0.2, -0.15) is 0 Å². The number of ether oxygens (including phenoxy) is 3. The number of methoxy groups -OCH3 is 1. The van der Waals surface area contributed by atoms with Gasteiger partial charge in [0, 0.05) is 37.3 Å². The van der Waals surface area contributed by atoms with Crippen molar-refractivity contribution in [2.24, 2.45) is 0 Å². The highest BCUT2D eigenvalue weighted by Crippen LogP contribution is 2.38. The number of hydrogen-bond acceptors (Lipinski definition) is 5. The molecule has 0 atom stereocenters. The Morgan fingerprint density at radius 3 is 2.55 bits per heavy atom. The topological polar surface area (TPSA) is 77.0 Å². The van der Waals surface area contributed by atoms with Crippen molar-refractivity contribution < 1.29 is 28.5 Å². The number of aliphatic carboxylic acids is 1. The van der Waals surface area contributed by atoms with Crippen molar-refractivity contribution in [1.82, 2.24) is 0 Å². The summed E-state index contributed by atoms with van der Waals surface area (Å²) in [4.78, 5) is 12.1. The average Bonchev–Trinajstić information content (AvgIpc) is 2.77. The minimum Gasteiger partial charge on any atom is -0.493 e. The van der Waals surface area contributed by atoms with Gasteiger partial charge in [-0.25, -0.2) is 9.18 Å². The van der Waals surface area contributed by atoms with Crippen LogP contribution in [-0.2, 0) is 20.9 Å². The van der Waals surface area contributed by atoms with Gasteiger partial charge in [-0.05, 0) is 73.6 Å². The molecular weight excluding hydrogens is 425 g/mol. The lowest BCUT2D eigenvalue weighted by Crippen LogP contribution is -2.50. The molecule has 2 fully saturated rings. The molecule has 2 aliphatic rings. The molecular formula is C26H32FNO5. The van der Waals surface area contributed by atoms with Crippen molar-refractivity contribution in [2.45, 2.75) is 64.2 Å². The van der Waals surface area contributed by atoms with Crippen molar-refractivity contribution in [3.63, 3.8) is 0 Å². The minimum atomic E-state index is -1.08. The molecule has 0 unspecified atom stereocenters. The number of carboxylic acids is 1. The van der Waals surface area contributed by atoms with Crippen LogP contribution in [0.4, 0.5) is 10.1 Å². The van der Waals surface area contributed by atoms with Crippen LogP contribution in [0.1, 0.15) is 48.8 Å². The van der Waals surface area contributed by atoms with E-state index in [1.165, 1.54) is 7.11 Å². The summed E-state index contributed by atoms with van der Waals surface area (Å²) in [5.74, 6) is -1.06. The van der Waals surface area contributed by atoms with E-state index >= 15 is 4.39 Å². The Bertz CT molecular complexity index is 1030. The minimum absolute atomic E-state index is 0.217. The highest BCUT2D eigenvalue weighted by atomic mass is 19.1. The molecule has 6 nitrogen and oxygen atoms in total. The average molecular weight is 458 g/mol. The van der Waals surface area contributed by atoms with Crippen LogP contribution in [0.3, 0.4) is 0 Å².